The van der Waals surface area contributed by atoms with Crippen LogP contribution in [0.4, 0.5) is 117 Å². The van der Waals surface area contributed by atoms with Crippen molar-refractivity contribution in [1.29, 1.82) is 0 Å². The topological polar surface area (TPSA) is 70.5 Å². The summed E-state index contributed by atoms with van der Waals surface area (Å²) in [7, 11) is 0. The van der Waals surface area contributed by atoms with Crippen LogP contribution in [-0.2, 0) is 17.3 Å². The van der Waals surface area contributed by atoms with E-state index < -0.39 is 122 Å². The zero-order valence-electron chi connectivity index (χ0n) is 29.6. The second-order valence-corrected chi connectivity index (χ2v) is 13.0. The van der Waals surface area contributed by atoms with E-state index in [1.54, 1.807) is 0 Å². The van der Waals surface area contributed by atoms with Crippen molar-refractivity contribution in [3.63, 3.8) is 0 Å². The molecule has 63 heavy (non-hydrogen) atoms. The Labute approximate surface area is 333 Å². The third kappa shape index (κ3) is 8.23. The summed E-state index contributed by atoms with van der Waals surface area (Å²) in [5, 5.41) is 0. The molecule has 4 nitrogen and oxygen atoms in total. The van der Waals surface area contributed by atoms with Crippen LogP contribution in [0.2, 0.25) is 0 Å². The summed E-state index contributed by atoms with van der Waals surface area (Å²) in [5.74, 6) is -46.0. The van der Waals surface area contributed by atoms with E-state index in [1.807, 2.05) is 0 Å². The van der Waals surface area contributed by atoms with E-state index >= 15 is 0 Å². The third-order valence-corrected chi connectivity index (χ3v) is 8.77. The predicted octanol–water partition coefficient (Wildman–Crippen LogP) is 13.7. The first-order valence-electron chi connectivity index (χ1n) is 16.0. The zero-order valence-corrected chi connectivity index (χ0v) is 29.6. The first-order valence-corrected chi connectivity index (χ1v) is 16.0. The number of ether oxygens (including phenoxy) is 2. The number of benzene rings is 4. The van der Waals surface area contributed by atoms with Gasteiger partial charge in [-0.05, 0) is 59.7 Å². The van der Waals surface area contributed by atoms with E-state index in [1.165, 1.54) is 0 Å². The number of nitrogen functional groups attached to an aromatic ring is 2. The molecule has 4 rings (SSSR count). The number of anilines is 2. The third-order valence-electron chi connectivity index (χ3n) is 8.77. The molecule has 0 aromatic heterocycles. The SMILES string of the molecule is Nc1cc(Oc2ccc(C(c3ccc(Oc4cc(N)cc(C(F)(F)C(F)(F)C(F)(F)C(F)(F)F)c4)cc3)(C(F)(F)F)C(F)(F)F)cc2)cc(C(F)(F)C(F)(F)C(F)(F)C(F)(F)F)c1. The van der Waals surface area contributed by atoms with Gasteiger partial charge in [-0.25, -0.2) is 0 Å². The normalized spacial score (nSPS) is 14.5. The second-order valence-electron chi connectivity index (χ2n) is 13.0. The van der Waals surface area contributed by atoms with Crippen LogP contribution in [0.3, 0.4) is 0 Å². The molecule has 0 amide bonds. The van der Waals surface area contributed by atoms with Gasteiger partial charge in [-0.2, -0.15) is 105 Å². The van der Waals surface area contributed by atoms with Crippen LogP contribution in [0, 0.1) is 0 Å². The van der Waals surface area contributed by atoms with Gasteiger partial charge in [0.1, 0.15) is 23.0 Å². The first-order chi connectivity index (χ1) is 28.1. The van der Waals surface area contributed by atoms with Gasteiger partial charge in [-0.15, -0.1) is 0 Å². The molecule has 0 aliphatic heterocycles. The van der Waals surface area contributed by atoms with E-state index in [0.717, 1.165) is 0 Å². The van der Waals surface area contributed by atoms with Gasteiger partial charge in [-0.1, -0.05) is 24.3 Å². The zero-order chi connectivity index (χ0) is 48.6. The highest BCUT2D eigenvalue weighted by Crippen LogP contribution is 2.60. The van der Waals surface area contributed by atoms with Crippen LogP contribution in [0.15, 0.2) is 84.9 Å². The molecule has 4 aromatic rings. The molecule has 0 heterocycles. The lowest BCUT2D eigenvalue weighted by atomic mass is 9.73. The van der Waals surface area contributed by atoms with Gasteiger partial charge in [0, 0.05) is 34.6 Å². The van der Waals surface area contributed by atoms with Gasteiger partial charge in [0.15, 0.2) is 0 Å². The monoisotopic (exact) mass is 954 g/mol. The van der Waals surface area contributed by atoms with E-state index in [-0.39, 0.29) is 72.8 Å². The number of rotatable bonds is 12. The van der Waals surface area contributed by atoms with Crippen LogP contribution in [0.5, 0.6) is 23.0 Å². The van der Waals surface area contributed by atoms with Gasteiger partial charge in [-0.3, -0.25) is 0 Å². The summed E-state index contributed by atoms with van der Waals surface area (Å²) in [6.45, 7) is 0. The van der Waals surface area contributed by atoms with Gasteiger partial charge in [0.05, 0.1) is 0 Å². The molecule has 4 N–H and O–H groups in total. The van der Waals surface area contributed by atoms with Crippen molar-refractivity contribution in [2.75, 3.05) is 11.5 Å². The van der Waals surface area contributed by atoms with Crippen molar-refractivity contribution < 1.29 is 115 Å². The molecule has 0 radical (unpaired) electrons. The Morgan fingerprint density at radius 1 is 0.286 bits per heavy atom. The Balaban J connectivity index is 1.72. The predicted molar refractivity (Wildman–Crippen MR) is 167 cm³/mol. The minimum absolute atomic E-state index is 0.0626. The minimum Gasteiger partial charge on any atom is -0.457 e. The molecular formula is C35H18F24N2O2. The van der Waals surface area contributed by atoms with Crippen LogP contribution >= 0.6 is 0 Å². The summed E-state index contributed by atoms with van der Waals surface area (Å²) in [5.41, 5.74) is -4.74. The molecule has 0 aliphatic rings. The highest BCUT2D eigenvalue weighted by Gasteiger charge is 2.83. The summed E-state index contributed by atoms with van der Waals surface area (Å²) in [6, 6.07) is 1.45. The average molecular weight is 954 g/mol. The quantitative estimate of drug-likeness (QED) is 0.110. The molecule has 0 spiro atoms. The molecule has 0 saturated heterocycles. The smallest absolute Gasteiger partial charge is 0.457 e. The van der Waals surface area contributed by atoms with Crippen molar-refractivity contribution in [2.45, 2.75) is 65.7 Å². The molecule has 4 aromatic carbocycles. The van der Waals surface area contributed by atoms with Gasteiger partial charge in [0.2, 0.25) is 5.41 Å². The minimum atomic E-state index is -7.35. The summed E-state index contributed by atoms with van der Waals surface area (Å²) >= 11 is 0. The Morgan fingerprint density at radius 2 is 0.556 bits per heavy atom. The molecule has 0 aliphatic carbocycles. The van der Waals surface area contributed by atoms with Crippen LogP contribution in [0.25, 0.3) is 0 Å². The lowest BCUT2D eigenvalue weighted by Gasteiger charge is -2.38. The molecule has 0 atom stereocenters. The highest BCUT2D eigenvalue weighted by molar-refractivity contribution is 5.53. The number of hydrogen-bond donors (Lipinski definition) is 2. The van der Waals surface area contributed by atoms with Gasteiger partial charge >= 0.3 is 60.2 Å². The molecular weight excluding hydrogens is 936 g/mol. The lowest BCUT2D eigenvalue weighted by molar-refractivity contribution is -0.399. The fraction of sp³-hybridized carbons (Fsp3) is 0.314. The number of nitrogens with two attached hydrogens (primary N) is 2. The number of alkyl halides is 24. The highest BCUT2D eigenvalue weighted by atomic mass is 19.4. The largest absolute Gasteiger partial charge is 0.460 e. The lowest BCUT2D eigenvalue weighted by Crippen LogP contribution is -2.59. The Hall–Kier alpha value is -5.60. The van der Waals surface area contributed by atoms with Crippen LogP contribution in [-0.4, -0.2) is 48.4 Å². The summed E-state index contributed by atoms with van der Waals surface area (Å²) in [4.78, 5) is 0. The standard InChI is InChI=1S/C35H18F24N2O2/c36-26(37,28(40,41)30(44,45)34(54,55)56)17-9-19(60)13-23(11-17)62-21-5-1-15(2-6-21)25(32(48,49)50,33(51,52)53)16-3-7-22(8-4-16)63-24-12-18(10-20(61)14-24)27(38,39)29(42,43)31(46,47)35(57,58)59/h1-14H,60-61H2. The maximum Gasteiger partial charge on any atom is 0.460 e. The first kappa shape index (κ1) is 50.0. The number of hydrogen-bond acceptors (Lipinski definition) is 4. The number of halogens is 24. The Morgan fingerprint density at radius 3 is 0.794 bits per heavy atom. The maximum absolute atomic E-state index is 14.7. The maximum atomic E-state index is 14.7. The molecule has 348 valence electrons. The van der Waals surface area contributed by atoms with Gasteiger partial charge in [0.25, 0.3) is 0 Å². The molecule has 0 fully saturated rings. The van der Waals surface area contributed by atoms with E-state index in [4.69, 9.17) is 20.9 Å². The van der Waals surface area contributed by atoms with E-state index in [2.05, 4.69) is 0 Å². The molecule has 0 bridgehead atoms. The molecule has 28 heteroatoms. The summed E-state index contributed by atoms with van der Waals surface area (Å²) < 4.78 is 342. The van der Waals surface area contributed by atoms with Crippen molar-refractivity contribution in [2.24, 2.45) is 0 Å². The van der Waals surface area contributed by atoms with E-state index in [0.29, 0.717) is 12.1 Å². The molecule has 0 unspecified atom stereocenters. The van der Waals surface area contributed by atoms with E-state index in [9.17, 15) is 105 Å². The van der Waals surface area contributed by atoms with Gasteiger partial charge < -0.3 is 20.9 Å². The van der Waals surface area contributed by atoms with Crippen LogP contribution in [0.1, 0.15) is 22.3 Å². The second kappa shape index (κ2) is 15.3. The van der Waals surface area contributed by atoms with Crippen molar-refractivity contribution >= 4 is 11.4 Å². The average Bonchev–Trinajstić information content (AvgIpc) is 3.10. The summed E-state index contributed by atoms with van der Waals surface area (Å²) in [6.07, 6.45) is -27.2. The van der Waals surface area contributed by atoms with Crippen molar-refractivity contribution in [3.8, 4) is 23.0 Å². The van der Waals surface area contributed by atoms with Crippen LogP contribution < -0.4 is 20.9 Å². The fourth-order valence-corrected chi connectivity index (χ4v) is 5.64. The van der Waals surface area contributed by atoms with Crippen molar-refractivity contribution in [1.82, 2.24) is 0 Å². The fourth-order valence-electron chi connectivity index (χ4n) is 5.64. The van der Waals surface area contributed by atoms with Crippen molar-refractivity contribution in [3.05, 3.63) is 107 Å². The Kier molecular flexibility index (Phi) is 12.1. The Bertz CT molecular complexity index is 2120. The molecule has 0 saturated carbocycles.